The van der Waals surface area contributed by atoms with Gasteiger partial charge < -0.3 is 10.4 Å². The lowest BCUT2D eigenvalue weighted by Crippen LogP contribution is -2.21. The molecule has 2 aromatic heterocycles. The topological polar surface area (TPSA) is 70.9 Å². The van der Waals surface area contributed by atoms with Gasteiger partial charge in [-0.25, -0.2) is 0 Å². The number of hydrogen-bond donors (Lipinski definition) is 2. The van der Waals surface area contributed by atoms with Crippen LogP contribution in [0.2, 0.25) is 0 Å². The monoisotopic (exact) mass is 276 g/mol. The average molecular weight is 276 g/mol. The minimum absolute atomic E-state index is 0.171. The second kappa shape index (κ2) is 5.63. The minimum atomic E-state index is -0.171. The lowest BCUT2D eigenvalue weighted by Gasteiger charge is -2.13. The van der Waals surface area contributed by atoms with Gasteiger partial charge in [0.05, 0.1) is 6.10 Å². The predicted molar refractivity (Wildman–Crippen MR) is 75.0 cm³/mol. The Morgan fingerprint density at radius 3 is 3.00 bits per heavy atom. The summed E-state index contributed by atoms with van der Waals surface area (Å²) >= 11 is 1.49. The fourth-order valence-corrected chi connectivity index (χ4v) is 3.09. The Morgan fingerprint density at radius 1 is 1.32 bits per heavy atom. The number of rotatable bonds is 4. The zero-order chi connectivity index (χ0) is 13.1. The highest BCUT2D eigenvalue weighted by atomic mass is 32.1. The Hall–Kier alpha value is -1.53. The van der Waals surface area contributed by atoms with Crippen LogP contribution in [0.15, 0.2) is 24.4 Å². The summed E-state index contributed by atoms with van der Waals surface area (Å²) < 4.78 is 0. The molecule has 0 aliphatic heterocycles. The van der Waals surface area contributed by atoms with Gasteiger partial charge in [0.25, 0.3) is 0 Å². The van der Waals surface area contributed by atoms with E-state index in [1.165, 1.54) is 11.3 Å². The van der Waals surface area contributed by atoms with Crippen molar-refractivity contribution in [2.75, 3.05) is 11.9 Å². The molecule has 0 saturated heterocycles. The van der Waals surface area contributed by atoms with Crippen molar-refractivity contribution in [2.24, 2.45) is 5.92 Å². The maximum absolute atomic E-state index is 9.77. The molecule has 3 rings (SSSR count). The van der Waals surface area contributed by atoms with E-state index in [1.54, 1.807) is 6.20 Å². The van der Waals surface area contributed by atoms with Gasteiger partial charge in [-0.1, -0.05) is 23.8 Å². The average Bonchev–Trinajstić information content (AvgIpc) is 3.06. The molecule has 1 aliphatic rings. The molecule has 5 nitrogen and oxygen atoms in total. The molecule has 19 heavy (non-hydrogen) atoms. The third kappa shape index (κ3) is 2.90. The molecule has 2 unspecified atom stereocenters. The van der Waals surface area contributed by atoms with Crippen molar-refractivity contribution in [1.29, 1.82) is 0 Å². The van der Waals surface area contributed by atoms with Crippen molar-refractivity contribution in [3.05, 3.63) is 24.4 Å². The van der Waals surface area contributed by atoms with E-state index >= 15 is 0 Å². The number of aliphatic hydroxyl groups excluding tert-OH is 1. The molecular formula is C13H16N4OS. The Bertz CT molecular complexity index is 530. The van der Waals surface area contributed by atoms with Crippen molar-refractivity contribution in [3.8, 4) is 10.7 Å². The fraction of sp³-hybridized carbons (Fsp3) is 0.462. The van der Waals surface area contributed by atoms with E-state index in [9.17, 15) is 5.11 Å². The van der Waals surface area contributed by atoms with Crippen LogP contribution in [0.4, 0.5) is 5.13 Å². The zero-order valence-corrected chi connectivity index (χ0v) is 11.3. The lowest BCUT2D eigenvalue weighted by molar-refractivity contribution is 0.138. The van der Waals surface area contributed by atoms with Gasteiger partial charge in [-0.15, -0.1) is 10.2 Å². The Morgan fingerprint density at radius 2 is 2.26 bits per heavy atom. The summed E-state index contributed by atoms with van der Waals surface area (Å²) in [6.45, 7) is 0.762. The first-order valence-corrected chi connectivity index (χ1v) is 7.31. The predicted octanol–water partition coefficient (Wildman–Crippen LogP) is 2.17. The van der Waals surface area contributed by atoms with Crippen LogP contribution in [0.5, 0.6) is 0 Å². The third-order valence-corrected chi connectivity index (χ3v) is 4.35. The summed E-state index contributed by atoms with van der Waals surface area (Å²) in [5.74, 6) is 0.335. The van der Waals surface area contributed by atoms with Crippen molar-refractivity contribution in [2.45, 2.75) is 25.4 Å². The second-order valence-corrected chi connectivity index (χ2v) is 5.74. The molecule has 6 heteroatoms. The summed E-state index contributed by atoms with van der Waals surface area (Å²) in [4.78, 5) is 4.25. The quantitative estimate of drug-likeness (QED) is 0.895. The van der Waals surface area contributed by atoms with E-state index < -0.39 is 0 Å². The largest absolute Gasteiger partial charge is 0.393 e. The molecule has 0 radical (unpaired) electrons. The van der Waals surface area contributed by atoms with Crippen LogP contribution in [0.25, 0.3) is 10.7 Å². The van der Waals surface area contributed by atoms with E-state index in [0.29, 0.717) is 5.92 Å². The van der Waals surface area contributed by atoms with Gasteiger partial charge in [0.1, 0.15) is 5.69 Å². The normalized spacial score (nSPS) is 22.6. The highest BCUT2D eigenvalue weighted by Gasteiger charge is 2.25. The highest BCUT2D eigenvalue weighted by Crippen LogP contribution is 2.28. The molecule has 1 saturated carbocycles. The van der Waals surface area contributed by atoms with Gasteiger partial charge in [-0.05, 0) is 25.0 Å². The van der Waals surface area contributed by atoms with Crippen LogP contribution in [-0.2, 0) is 0 Å². The van der Waals surface area contributed by atoms with Crippen LogP contribution in [0, 0.1) is 5.92 Å². The summed E-state index contributed by atoms with van der Waals surface area (Å²) in [6.07, 6.45) is 4.69. The molecule has 2 aromatic rings. The standard InChI is InChI=1S/C13H16N4OS/c18-11-6-3-4-9(11)8-15-13-17-16-12(19-13)10-5-1-2-7-14-10/h1-2,5,7,9,11,18H,3-4,6,8H2,(H,15,17). The summed E-state index contributed by atoms with van der Waals surface area (Å²) in [6, 6.07) is 5.74. The number of hydrogen-bond acceptors (Lipinski definition) is 6. The molecule has 1 aliphatic carbocycles. The third-order valence-electron chi connectivity index (χ3n) is 3.44. The van der Waals surface area contributed by atoms with E-state index in [1.807, 2.05) is 18.2 Å². The van der Waals surface area contributed by atoms with E-state index in [0.717, 1.165) is 41.6 Å². The van der Waals surface area contributed by atoms with Crippen molar-refractivity contribution >= 4 is 16.5 Å². The van der Waals surface area contributed by atoms with Crippen LogP contribution < -0.4 is 5.32 Å². The van der Waals surface area contributed by atoms with Crippen LogP contribution in [0.3, 0.4) is 0 Å². The lowest BCUT2D eigenvalue weighted by atomic mass is 10.1. The van der Waals surface area contributed by atoms with Gasteiger partial charge in [0.15, 0.2) is 5.01 Å². The number of nitrogens with zero attached hydrogens (tertiary/aromatic N) is 3. The molecule has 100 valence electrons. The minimum Gasteiger partial charge on any atom is -0.393 e. The first-order chi connectivity index (χ1) is 9.33. The first-order valence-electron chi connectivity index (χ1n) is 6.50. The van der Waals surface area contributed by atoms with Crippen LogP contribution >= 0.6 is 11.3 Å². The molecule has 0 spiro atoms. The van der Waals surface area contributed by atoms with Crippen LogP contribution in [-0.4, -0.2) is 32.9 Å². The smallest absolute Gasteiger partial charge is 0.206 e. The highest BCUT2D eigenvalue weighted by molar-refractivity contribution is 7.18. The Kier molecular flexibility index (Phi) is 3.70. The molecule has 2 N–H and O–H groups in total. The Labute approximate surface area is 115 Å². The summed E-state index contributed by atoms with van der Waals surface area (Å²) in [5.41, 5.74) is 0.842. The number of pyridine rings is 1. The fourth-order valence-electron chi connectivity index (χ4n) is 2.36. The van der Waals surface area contributed by atoms with Crippen molar-refractivity contribution in [3.63, 3.8) is 0 Å². The van der Waals surface area contributed by atoms with Crippen LogP contribution in [0.1, 0.15) is 19.3 Å². The molecule has 1 fully saturated rings. The molecule has 0 bridgehead atoms. The van der Waals surface area contributed by atoms with E-state index in [4.69, 9.17) is 0 Å². The van der Waals surface area contributed by atoms with Gasteiger partial charge in [0.2, 0.25) is 5.13 Å². The molecule has 0 amide bonds. The molecular weight excluding hydrogens is 260 g/mol. The number of nitrogens with one attached hydrogen (secondary N) is 1. The zero-order valence-electron chi connectivity index (χ0n) is 10.5. The van der Waals surface area contributed by atoms with Gasteiger partial charge in [-0.3, -0.25) is 4.98 Å². The van der Waals surface area contributed by atoms with Crippen molar-refractivity contribution < 1.29 is 5.11 Å². The maximum atomic E-state index is 9.77. The molecule has 2 atom stereocenters. The van der Waals surface area contributed by atoms with E-state index in [-0.39, 0.29) is 6.10 Å². The van der Waals surface area contributed by atoms with Gasteiger partial charge in [0, 0.05) is 18.7 Å². The summed E-state index contributed by atoms with van der Waals surface area (Å²) in [5, 5.41) is 22.9. The molecule has 0 aromatic carbocycles. The van der Waals surface area contributed by atoms with E-state index in [2.05, 4.69) is 20.5 Å². The first kappa shape index (κ1) is 12.5. The SMILES string of the molecule is OC1CCCC1CNc1nnc(-c2ccccn2)s1. The summed E-state index contributed by atoms with van der Waals surface area (Å²) in [7, 11) is 0. The maximum Gasteiger partial charge on any atom is 0.206 e. The number of aromatic nitrogens is 3. The van der Waals surface area contributed by atoms with Crippen molar-refractivity contribution in [1.82, 2.24) is 15.2 Å². The molecule has 2 heterocycles. The number of aliphatic hydroxyl groups is 1. The Balaban J connectivity index is 1.62. The van der Waals surface area contributed by atoms with Gasteiger partial charge >= 0.3 is 0 Å². The number of anilines is 1. The van der Waals surface area contributed by atoms with Gasteiger partial charge in [-0.2, -0.15) is 0 Å². The second-order valence-electron chi connectivity index (χ2n) is 4.77.